The molecule has 1 atom stereocenters. The summed E-state index contributed by atoms with van der Waals surface area (Å²) in [6.45, 7) is 2.18. The Balaban J connectivity index is 2.22. The predicted octanol–water partition coefficient (Wildman–Crippen LogP) is 3.40. The molecule has 3 nitrogen and oxygen atoms in total. The van der Waals surface area contributed by atoms with Crippen molar-refractivity contribution in [1.82, 2.24) is 0 Å². The van der Waals surface area contributed by atoms with Gasteiger partial charge in [0.2, 0.25) is 0 Å². The average Bonchev–Trinajstić information content (AvgIpc) is 2.47. The van der Waals surface area contributed by atoms with Gasteiger partial charge in [0.25, 0.3) is 0 Å². The van der Waals surface area contributed by atoms with E-state index in [0.29, 0.717) is 6.61 Å². The normalized spacial score (nSPS) is 11.6. The quantitative estimate of drug-likeness (QED) is 0.832. The van der Waals surface area contributed by atoms with Gasteiger partial charge in [-0.1, -0.05) is 48.5 Å². The first-order chi connectivity index (χ1) is 9.31. The van der Waals surface area contributed by atoms with Crippen molar-refractivity contribution in [1.29, 1.82) is 0 Å². The number of para-hydroxylation sites is 1. The zero-order valence-electron chi connectivity index (χ0n) is 10.9. The Kier molecular flexibility index (Phi) is 4.56. The number of anilines is 1. The van der Waals surface area contributed by atoms with E-state index in [4.69, 9.17) is 4.74 Å². The fraction of sp³-hybridized carbons (Fsp3) is 0.188. The van der Waals surface area contributed by atoms with Gasteiger partial charge in [0.1, 0.15) is 0 Å². The predicted molar refractivity (Wildman–Crippen MR) is 75.9 cm³/mol. The molecule has 98 valence electrons. The lowest BCUT2D eigenvalue weighted by Crippen LogP contribution is -2.23. The third-order valence-electron chi connectivity index (χ3n) is 2.74. The summed E-state index contributed by atoms with van der Waals surface area (Å²) in [4.78, 5) is 12.1. The molecule has 0 radical (unpaired) electrons. The smallest absolute Gasteiger partial charge is 0.333 e. The lowest BCUT2D eigenvalue weighted by molar-refractivity contribution is -0.144. The van der Waals surface area contributed by atoms with E-state index in [1.165, 1.54) is 0 Å². The van der Waals surface area contributed by atoms with Gasteiger partial charge in [-0.3, -0.25) is 0 Å². The maximum atomic E-state index is 12.1. The molecule has 0 saturated carbocycles. The molecule has 2 aromatic carbocycles. The lowest BCUT2D eigenvalue weighted by Gasteiger charge is -2.18. The van der Waals surface area contributed by atoms with E-state index in [-0.39, 0.29) is 5.97 Å². The summed E-state index contributed by atoms with van der Waals surface area (Å²) in [7, 11) is 0. The van der Waals surface area contributed by atoms with E-state index in [2.05, 4.69) is 5.32 Å². The Bertz CT molecular complexity index is 511. The molecule has 1 unspecified atom stereocenters. The molecule has 0 aliphatic carbocycles. The van der Waals surface area contributed by atoms with Crippen LogP contribution in [0.4, 0.5) is 5.69 Å². The van der Waals surface area contributed by atoms with Crippen LogP contribution in [0, 0.1) is 0 Å². The summed E-state index contributed by atoms with van der Waals surface area (Å²) in [5.41, 5.74) is 1.79. The van der Waals surface area contributed by atoms with Crippen LogP contribution < -0.4 is 5.32 Å². The minimum atomic E-state index is -0.483. The first-order valence-electron chi connectivity index (χ1n) is 6.34. The Labute approximate surface area is 113 Å². The van der Waals surface area contributed by atoms with E-state index >= 15 is 0 Å². The molecule has 0 heterocycles. The van der Waals surface area contributed by atoms with Crippen LogP contribution in [-0.2, 0) is 9.53 Å². The van der Waals surface area contributed by atoms with Crippen LogP contribution >= 0.6 is 0 Å². The van der Waals surface area contributed by atoms with E-state index in [0.717, 1.165) is 11.3 Å². The third kappa shape index (κ3) is 3.58. The highest BCUT2D eigenvalue weighted by molar-refractivity contribution is 5.81. The largest absolute Gasteiger partial charge is 0.464 e. The molecule has 2 aromatic rings. The van der Waals surface area contributed by atoms with E-state index < -0.39 is 6.04 Å². The van der Waals surface area contributed by atoms with Crippen LogP contribution in [0.25, 0.3) is 0 Å². The maximum absolute atomic E-state index is 12.1. The molecule has 1 N–H and O–H groups in total. The number of hydrogen-bond donors (Lipinski definition) is 1. The molecule has 0 bridgehead atoms. The Morgan fingerprint density at radius 3 is 2.21 bits per heavy atom. The summed E-state index contributed by atoms with van der Waals surface area (Å²) in [6, 6.07) is 18.7. The third-order valence-corrected chi connectivity index (χ3v) is 2.74. The van der Waals surface area contributed by atoms with Gasteiger partial charge < -0.3 is 10.1 Å². The van der Waals surface area contributed by atoms with Crippen LogP contribution in [0.3, 0.4) is 0 Å². The first-order valence-corrected chi connectivity index (χ1v) is 6.34. The summed E-state index contributed by atoms with van der Waals surface area (Å²) >= 11 is 0. The van der Waals surface area contributed by atoms with Gasteiger partial charge in [-0.25, -0.2) is 4.79 Å². The number of benzene rings is 2. The summed E-state index contributed by atoms with van der Waals surface area (Å²) in [5.74, 6) is -0.266. The zero-order valence-corrected chi connectivity index (χ0v) is 10.9. The molecule has 0 aliphatic rings. The fourth-order valence-corrected chi connectivity index (χ4v) is 1.85. The molecule has 0 amide bonds. The standard InChI is InChI=1S/C16H17NO2/c1-2-19-16(18)15(13-9-5-3-6-10-13)17-14-11-7-4-8-12-14/h3-12,15,17H,2H2,1H3. The van der Waals surface area contributed by atoms with Crippen molar-refractivity contribution in [2.24, 2.45) is 0 Å². The van der Waals surface area contributed by atoms with Gasteiger partial charge in [-0.15, -0.1) is 0 Å². The summed E-state index contributed by atoms with van der Waals surface area (Å²) in [6.07, 6.45) is 0. The van der Waals surface area contributed by atoms with Gasteiger partial charge in [-0.2, -0.15) is 0 Å². The molecule has 2 rings (SSSR count). The molecule has 0 fully saturated rings. The monoisotopic (exact) mass is 255 g/mol. The van der Waals surface area contributed by atoms with Crippen LogP contribution in [0.2, 0.25) is 0 Å². The molecule has 19 heavy (non-hydrogen) atoms. The second-order valence-electron chi connectivity index (χ2n) is 4.11. The van der Waals surface area contributed by atoms with Gasteiger partial charge in [0.15, 0.2) is 6.04 Å². The topological polar surface area (TPSA) is 38.3 Å². The SMILES string of the molecule is CCOC(=O)C(Nc1ccccc1)c1ccccc1. The number of esters is 1. The van der Waals surface area contributed by atoms with Crippen molar-refractivity contribution in [3.8, 4) is 0 Å². The number of nitrogens with one attached hydrogen (secondary N) is 1. The van der Waals surface area contributed by atoms with Gasteiger partial charge in [-0.05, 0) is 24.6 Å². The number of hydrogen-bond acceptors (Lipinski definition) is 3. The summed E-state index contributed by atoms with van der Waals surface area (Å²) in [5, 5.41) is 3.21. The first kappa shape index (κ1) is 13.1. The highest BCUT2D eigenvalue weighted by Gasteiger charge is 2.21. The van der Waals surface area contributed by atoms with Crippen molar-refractivity contribution in [3.05, 3.63) is 66.2 Å². The van der Waals surface area contributed by atoms with Crippen LogP contribution in [0.5, 0.6) is 0 Å². The Morgan fingerprint density at radius 1 is 1.05 bits per heavy atom. The number of ether oxygens (including phenoxy) is 1. The van der Waals surface area contributed by atoms with Crippen molar-refractivity contribution in [2.75, 3.05) is 11.9 Å². The van der Waals surface area contributed by atoms with Gasteiger partial charge in [0.05, 0.1) is 6.61 Å². The molecule has 0 aromatic heterocycles. The number of rotatable bonds is 5. The molecular weight excluding hydrogens is 238 g/mol. The summed E-state index contributed by atoms with van der Waals surface area (Å²) < 4.78 is 5.13. The van der Waals surface area contributed by atoms with Gasteiger partial charge in [0, 0.05) is 5.69 Å². The zero-order chi connectivity index (χ0) is 13.5. The fourth-order valence-electron chi connectivity index (χ4n) is 1.85. The lowest BCUT2D eigenvalue weighted by atomic mass is 10.1. The van der Waals surface area contributed by atoms with Crippen LogP contribution in [0.1, 0.15) is 18.5 Å². The van der Waals surface area contributed by atoms with E-state index in [9.17, 15) is 4.79 Å². The van der Waals surface area contributed by atoms with Crippen molar-refractivity contribution >= 4 is 11.7 Å². The van der Waals surface area contributed by atoms with Crippen LogP contribution in [-0.4, -0.2) is 12.6 Å². The Morgan fingerprint density at radius 2 is 1.63 bits per heavy atom. The number of carbonyl (C=O) groups is 1. The second-order valence-corrected chi connectivity index (χ2v) is 4.11. The highest BCUT2D eigenvalue weighted by atomic mass is 16.5. The minimum absolute atomic E-state index is 0.266. The molecule has 0 saturated heterocycles. The second kappa shape index (κ2) is 6.59. The molecule has 3 heteroatoms. The van der Waals surface area contributed by atoms with Crippen molar-refractivity contribution in [2.45, 2.75) is 13.0 Å². The van der Waals surface area contributed by atoms with E-state index in [1.54, 1.807) is 0 Å². The van der Waals surface area contributed by atoms with Crippen molar-refractivity contribution < 1.29 is 9.53 Å². The highest BCUT2D eigenvalue weighted by Crippen LogP contribution is 2.20. The maximum Gasteiger partial charge on any atom is 0.333 e. The van der Waals surface area contributed by atoms with E-state index in [1.807, 2.05) is 67.6 Å². The number of carbonyl (C=O) groups excluding carboxylic acids is 1. The molecule has 0 aliphatic heterocycles. The van der Waals surface area contributed by atoms with Crippen molar-refractivity contribution in [3.63, 3.8) is 0 Å². The molecular formula is C16H17NO2. The molecule has 0 spiro atoms. The minimum Gasteiger partial charge on any atom is -0.464 e. The Hall–Kier alpha value is -2.29. The average molecular weight is 255 g/mol. The van der Waals surface area contributed by atoms with Gasteiger partial charge >= 0.3 is 5.97 Å². The van der Waals surface area contributed by atoms with Crippen LogP contribution in [0.15, 0.2) is 60.7 Å².